The minimum atomic E-state index is 0.775. The average Bonchev–Trinajstić information content (AvgIpc) is 3.06. The van der Waals surface area contributed by atoms with Crippen molar-refractivity contribution in [2.45, 2.75) is 96.2 Å². The van der Waals surface area contributed by atoms with Crippen LogP contribution in [0, 0.1) is 5.92 Å². The van der Waals surface area contributed by atoms with Crippen molar-refractivity contribution < 1.29 is 0 Å². The summed E-state index contributed by atoms with van der Waals surface area (Å²) in [5, 5.41) is 7.78. The normalized spacial score (nSPS) is 32.8. The third-order valence-electron chi connectivity index (χ3n) is 5.18. The van der Waals surface area contributed by atoms with E-state index in [1.807, 2.05) is 0 Å². The predicted molar refractivity (Wildman–Crippen MR) is 83.5 cm³/mol. The lowest BCUT2D eigenvalue weighted by Gasteiger charge is -2.30. The van der Waals surface area contributed by atoms with Gasteiger partial charge in [0.1, 0.15) is 0 Å². The molecule has 19 heavy (non-hydrogen) atoms. The van der Waals surface area contributed by atoms with Crippen LogP contribution in [0.25, 0.3) is 0 Å². The highest BCUT2D eigenvalue weighted by Gasteiger charge is 2.35. The molecule has 2 rings (SSSR count). The molecule has 2 aliphatic rings. The molecule has 0 bridgehead atoms. The summed E-state index contributed by atoms with van der Waals surface area (Å²) in [5.41, 5.74) is 0. The molecule has 1 saturated heterocycles. The van der Waals surface area contributed by atoms with Gasteiger partial charge in [0, 0.05) is 18.1 Å². The van der Waals surface area contributed by atoms with E-state index in [1.54, 1.807) is 0 Å². The maximum absolute atomic E-state index is 4.04. The molecule has 4 unspecified atom stereocenters. The van der Waals surface area contributed by atoms with Crippen molar-refractivity contribution in [3.05, 3.63) is 0 Å². The summed E-state index contributed by atoms with van der Waals surface area (Å²) in [6, 6.07) is 2.38. The van der Waals surface area contributed by atoms with Crippen molar-refractivity contribution in [3.8, 4) is 0 Å². The first kappa shape index (κ1) is 15.3. The second-order valence-corrected chi connectivity index (χ2v) is 6.70. The molecule has 0 aromatic carbocycles. The minimum Gasteiger partial charge on any atom is -0.314 e. The van der Waals surface area contributed by atoms with Gasteiger partial charge in [-0.3, -0.25) is 0 Å². The zero-order chi connectivity index (χ0) is 13.5. The Labute approximate surface area is 120 Å². The Bertz CT molecular complexity index is 235. The van der Waals surface area contributed by atoms with E-state index in [9.17, 15) is 0 Å². The lowest BCUT2D eigenvalue weighted by molar-refractivity contribution is 0.283. The average molecular weight is 266 g/mol. The Hall–Kier alpha value is -0.0800. The van der Waals surface area contributed by atoms with Crippen molar-refractivity contribution in [2.24, 2.45) is 5.92 Å². The first-order valence-corrected chi connectivity index (χ1v) is 8.84. The van der Waals surface area contributed by atoms with Crippen LogP contribution in [-0.4, -0.2) is 24.7 Å². The van der Waals surface area contributed by atoms with E-state index >= 15 is 0 Å². The highest BCUT2D eigenvalue weighted by Crippen LogP contribution is 2.32. The zero-order valence-electron chi connectivity index (χ0n) is 13.1. The largest absolute Gasteiger partial charge is 0.314 e. The van der Waals surface area contributed by atoms with Gasteiger partial charge in [-0.2, -0.15) is 0 Å². The van der Waals surface area contributed by atoms with Crippen molar-refractivity contribution >= 4 is 0 Å². The lowest BCUT2D eigenvalue weighted by atomic mass is 9.92. The predicted octanol–water partition coefficient (Wildman–Crippen LogP) is 3.86. The van der Waals surface area contributed by atoms with E-state index in [0.717, 1.165) is 24.0 Å². The SMILES string of the molecule is CCCCC(CCC)NC1CCCC1C1CCCN1. The van der Waals surface area contributed by atoms with Gasteiger partial charge in [0.15, 0.2) is 0 Å². The van der Waals surface area contributed by atoms with Crippen LogP contribution in [0.4, 0.5) is 0 Å². The molecule has 0 radical (unpaired) electrons. The molecule has 2 heteroatoms. The van der Waals surface area contributed by atoms with E-state index in [0.29, 0.717) is 0 Å². The van der Waals surface area contributed by atoms with Crippen LogP contribution in [-0.2, 0) is 0 Å². The molecule has 2 nitrogen and oxygen atoms in total. The van der Waals surface area contributed by atoms with Gasteiger partial charge in [0.05, 0.1) is 0 Å². The molecule has 112 valence electrons. The molecule has 1 aliphatic heterocycles. The van der Waals surface area contributed by atoms with Crippen LogP contribution in [0.5, 0.6) is 0 Å². The fraction of sp³-hybridized carbons (Fsp3) is 1.00. The van der Waals surface area contributed by atoms with Gasteiger partial charge in [-0.15, -0.1) is 0 Å². The van der Waals surface area contributed by atoms with Crippen LogP contribution in [0.2, 0.25) is 0 Å². The Morgan fingerprint density at radius 3 is 2.63 bits per heavy atom. The molecule has 1 heterocycles. The Kier molecular flexibility index (Phi) is 6.66. The van der Waals surface area contributed by atoms with Crippen LogP contribution >= 0.6 is 0 Å². The van der Waals surface area contributed by atoms with Crippen LogP contribution in [0.1, 0.15) is 78.1 Å². The monoisotopic (exact) mass is 266 g/mol. The molecule has 0 aromatic heterocycles. The van der Waals surface area contributed by atoms with E-state index in [-0.39, 0.29) is 0 Å². The van der Waals surface area contributed by atoms with Gasteiger partial charge >= 0.3 is 0 Å². The smallest absolute Gasteiger partial charge is 0.0113 e. The summed E-state index contributed by atoms with van der Waals surface area (Å²) >= 11 is 0. The van der Waals surface area contributed by atoms with E-state index in [1.165, 1.54) is 70.8 Å². The molecule has 2 N–H and O–H groups in total. The fourth-order valence-electron chi connectivity index (χ4n) is 4.17. The number of unbranched alkanes of at least 4 members (excludes halogenated alkanes) is 1. The van der Waals surface area contributed by atoms with E-state index < -0.39 is 0 Å². The Morgan fingerprint density at radius 1 is 1.05 bits per heavy atom. The van der Waals surface area contributed by atoms with Crippen molar-refractivity contribution in [3.63, 3.8) is 0 Å². The van der Waals surface area contributed by atoms with Gasteiger partial charge < -0.3 is 10.6 Å². The molecule has 0 spiro atoms. The fourth-order valence-corrected chi connectivity index (χ4v) is 4.17. The van der Waals surface area contributed by atoms with Gasteiger partial charge in [-0.05, 0) is 51.0 Å². The Morgan fingerprint density at radius 2 is 1.95 bits per heavy atom. The van der Waals surface area contributed by atoms with E-state index in [4.69, 9.17) is 0 Å². The number of rotatable bonds is 8. The third kappa shape index (κ3) is 4.46. The third-order valence-corrected chi connectivity index (χ3v) is 5.18. The standard InChI is InChI=1S/C17H34N2/c1-3-5-9-14(8-4-2)19-17-11-6-10-15(17)16-12-7-13-18-16/h14-19H,3-13H2,1-2H3. The molecule has 1 saturated carbocycles. The molecular formula is C17H34N2. The van der Waals surface area contributed by atoms with Gasteiger partial charge in [-0.1, -0.05) is 39.5 Å². The van der Waals surface area contributed by atoms with Crippen LogP contribution in [0.15, 0.2) is 0 Å². The second kappa shape index (κ2) is 8.26. The molecular weight excluding hydrogens is 232 g/mol. The number of nitrogens with one attached hydrogen (secondary N) is 2. The molecule has 0 aromatic rings. The quantitative estimate of drug-likeness (QED) is 0.697. The molecule has 1 aliphatic carbocycles. The van der Waals surface area contributed by atoms with Crippen molar-refractivity contribution in [1.29, 1.82) is 0 Å². The highest BCUT2D eigenvalue weighted by atomic mass is 15.0. The zero-order valence-corrected chi connectivity index (χ0v) is 13.1. The summed E-state index contributed by atoms with van der Waals surface area (Å²) in [7, 11) is 0. The van der Waals surface area contributed by atoms with Gasteiger partial charge in [0.25, 0.3) is 0 Å². The highest BCUT2D eigenvalue weighted by molar-refractivity contribution is 4.94. The minimum absolute atomic E-state index is 0.775. The molecule has 4 atom stereocenters. The van der Waals surface area contributed by atoms with Crippen molar-refractivity contribution in [1.82, 2.24) is 10.6 Å². The summed E-state index contributed by atoms with van der Waals surface area (Å²) in [5.74, 6) is 0.906. The van der Waals surface area contributed by atoms with Gasteiger partial charge in [-0.25, -0.2) is 0 Å². The first-order chi connectivity index (χ1) is 9.35. The van der Waals surface area contributed by atoms with E-state index in [2.05, 4.69) is 24.5 Å². The lowest BCUT2D eigenvalue weighted by Crippen LogP contribution is -2.46. The number of hydrogen-bond acceptors (Lipinski definition) is 2. The van der Waals surface area contributed by atoms with Crippen LogP contribution < -0.4 is 10.6 Å². The molecule has 0 amide bonds. The summed E-state index contributed by atoms with van der Waals surface area (Å²) in [4.78, 5) is 0. The summed E-state index contributed by atoms with van der Waals surface area (Å²) in [6.45, 7) is 5.89. The maximum atomic E-state index is 4.04. The second-order valence-electron chi connectivity index (χ2n) is 6.70. The maximum Gasteiger partial charge on any atom is 0.0113 e. The Balaban J connectivity index is 1.83. The number of hydrogen-bond donors (Lipinski definition) is 2. The van der Waals surface area contributed by atoms with Crippen molar-refractivity contribution in [2.75, 3.05) is 6.54 Å². The summed E-state index contributed by atoms with van der Waals surface area (Å²) < 4.78 is 0. The molecule has 2 fully saturated rings. The van der Waals surface area contributed by atoms with Crippen LogP contribution in [0.3, 0.4) is 0 Å². The first-order valence-electron chi connectivity index (χ1n) is 8.84. The summed E-state index contributed by atoms with van der Waals surface area (Å²) in [6.07, 6.45) is 13.9. The topological polar surface area (TPSA) is 24.1 Å². The van der Waals surface area contributed by atoms with Gasteiger partial charge in [0.2, 0.25) is 0 Å².